The monoisotopic (exact) mass is 442 g/mol. The van der Waals surface area contributed by atoms with Crippen molar-refractivity contribution in [2.24, 2.45) is 5.92 Å². The van der Waals surface area contributed by atoms with Crippen molar-refractivity contribution in [2.75, 3.05) is 6.86 Å². The van der Waals surface area contributed by atoms with Gasteiger partial charge in [-0.3, -0.25) is 0 Å². The summed E-state index contributed by atoms with van der Waals surface area (Å²) < 4.78 is 46.1. The molecule has 2 aromatic carbocycles. The average Bonchev–Trinajstić information content (AvgIpc) is 2.81. The van der Waals surface area contributed by atoms with Crippen molar-refractivity contribution in [1.82, 2.24) is 0 Å². The van der Waals surface area contributed by atoms with E-state index in [1.165, 1.54) is 37.0 Å². The highest BCUT2D eigenvalue weighted by Gasteiger charge is 2.26. The van der Waals surface area contributed by atoms with Gasteiger partial charge in [-0.2, -0.15) is 0 Å². The SMILES string of the molecule is CCCC1CC=C(c2ccc(C3CCC(c4ccc(OCF)c(F)c4)CC3)c(F)c2)CC1. The molecule has 1 fully saturated rings. The smallest absolute Gasteiger partial charge is 0.228 e. The zero-order valence-electron chi connectivity index (χ0n) is 18.9. The zero-order chi connectivity index (χ0) is 22.5. The minimum atomic E-state index is -1.04. The molecule has 0 aliphatic heterocycles. The molecule has 2 aromatic rings. The lowest BCUT2D eigenvalue weighted by Gasteiger charge is -2.29. The topological polar surface area (TPSA) is 9.23 Å². The minimum absolute atomic E-state index is 0.0546. The second-order valence-electron chi connectivity index (χ2n) is 9.39. The molecule has 172 valence electrons. The standard InChI is InChI=1S/C28H33F3O/c1-2-3-19-4-6-20(7-5-19)23-12-14-25(26(30)16-23)22-10-8-21(9-11-22)24-13-15-28(32-18-29)27(31)17-24/h6,12-17,19,21-22H,2-5,7-11,18H2,1H3. The van der Waals surface area contributed by atoms with Crippen molar-refractivity contribution in [3.63, 3.8) is 0 Å². The number of allylic oxidation sites excluding steroid dienone is 2. The van der Waals surface area contributed by atoms with Gasteiger partial charge in [0.05, 0.1) is 0 Å². The largest absolute Gasteiger partial charge is 0.460 e. The molecule has 1 nitrogen and oxygen atoms in total. The Morgan fingerprint density at radius 1 is 0.906 bits per heavy atom. The summed E-state index contributed by atoms with van der Waals surface area (Å²) in [5.41, 5.74) is 4.04. The first-order valence-electron chi connectivity index (χ1n) is 12.1. The molecule has 32 heavy (non-hydrogen) atoms. The molecule has 1 unspecified atom stereocenters. The normalized spacial score (nSPS) is 23.6. The fourth-order valence-corrected chi connectivity index (χ4v) is 5.56. The first kappa shape index (κ1) is 22.9. The van der Waals surface area contributed by atoms with Crippen LogP contribution >= 0.6 is 0 Å². The van der Waals surface area contributed by atoms with Crippen molar-refractivity contribution in [3.05, 3.63) is 70.8 Å². The quantitative estimate of drug-likeness (QED) is 0.417. The Labute approximate surface area is 189 Å². The summed E-state index contributed by atoms with van der Waals surface area (Å²) in [4.78, 5) is 0. The van der Waals surface area contributed by atoms with E-state index in [-0.39, 0.29) is 23.4 Å². The number of halogens is 3. The molecule has 0 bridgehead atoms. The van der Waals surface area contributed by atoms with Crippen LogP contribution in [0.15, 0.2) is 42.5 Å². The van der Waals surface area contributed by atoms with Gasteiger partial charge in [0, 0.05) is 0 Å². The Hall–Kier alpha value is -2.23. The van der Waals surface area contributed by atoms with Crippen molar-refractivity contribution < 1.29 is 17.9 Å². The van der Waals surface area contributed by atoms with Crippen LogP contribution in [-0.4, -0.2) is 6.86 Å². The molecule has 4 rings (SSSR count). The molecule has 1 saturated carbocycles. The number of hydrogen-bond donors (Lipinski definition) is 0. The van der Waals surface area contributed by atoms with Crippen LogP contribution in [0.3, 0.4) is 0 Å². The van der Waals surface area contributed by atoms with Gasteiger partial charge in [0.25, 0.3) is 0 Å². The van der Waals surface area contributed by atoms with Gasteiger partial charge in [-0.15, -0.1) is 0 Å². The molecule has 0 radical (unpaired) electrons. The molecule has 0 saturated heterocycles. The lowest BCUT2D eigenvalue weighted by Crippen LogP contribution is -2.14. The van der Waals surface area contributed by atoms with Crippen molar-refractivity contribution >= 4 is 5.57 Å². The van der Waals surface area contributed by atoms with Crippen LogP contribution in [-0.2, 0) is 0 Å². The Morgan fingerprint density at radius 2 is 1.69 bits per heavy atom. The fraction of sp³-hybridized carbons (Fsp3) is 0.500. The summed E-state index contributed by atoms with van der Waals surface area (Å²) in [5.74, 6) is 0.549. The van der Waals surface area contributed by atoms with Gasteiger partial charge in [0.2, 0.25) is 6.86 Å². The zero-order valence-corrected chi connectivity index (χ0v) is 18.9. The average molecular weight is 443 g/mol. The van der Waals surface area contributed by atoms with Gasteiger partial charge < -0.3 is 4.74 Å². The van der Waals surface area contributed by atoms with Gasteiger partial charge in [-0.1, -0.05) is 44.0 Å². The second-order valence-corrected chi connectivity index (χ2v) is 9.39. The van der Waals surface area contributed by atoms with E-state index in [2.05, 4.69) is 23.8 Å². The first-order chi connectivity index (χ1) is 15.6. The molecule has 0 aromatic heterocycles. The fourth-order valence-electron chi connectivity index (χ4n) is 5.56. The summed E-state index contributed by atoms with van der Waals surface area (Å²) in [6.45, 7) is 1.20. The van der Waals surface area contributed by atoms with E-state index < -0.39 is 12.7 Å². The Bertz CT molecular complexity index is 944. The predicted molar refractivity (Wildman–Crippen MR) is 124 cm³/mol. The van der Waals surface area contributed by atoms with Crippen LogP contribution in [0.4, 0.5) is 13.2 Å². The van der Waals surface area contributed by atoms with E-state index >= 15 is 4.39 Å². The molecule has 1 atom stereocenters. The van der Waals surface area contributed by atoms with Crippen LogP contribution in [0.5, 0.6) is 5.75 Å². The van der Waals surface area contributed by atoms with E-state index in [9.17, 15) is 8.78 Å². The molecule has 0 N–H and O–H groups in total. The van der Waals surface area contributed by atoms with Crippen molar-refractivity contribution in [3.8, 4) is 5.75 Å². The van der Waals surface area contributed by atoms with Gasteiger partial charge in [-0.05, 0) is 103 Å². The van der Waals surface area contributed by atoms with Crippen molar-refractivity contribution in [2.45, 2.75) is 76.5 Å². The highest BCUT2D eigenvalue weighted by Crippen LogP contribution is 2.42. The summed E-state index contributed by atoms with van der Waals surface area (Å²) in [6, 6.07) is 10.6. The molecule has 0 heterocycles. The van der Waals surface area contributed by atoms with Gasteiger partial charge in [0.15, 0.2) is 11.6 Å². The Kier molecular flexibility index (Phi) is 7.59. The van der Waals surface area contributed by atoms with E-state index in [1.807, 2.05) is 12.1 Å². The lowest BCUT2D eigenvalue weighted by molar-refractivity contribution is 0.184. The van der Waals surface area contributed by atoms with Crippen LogP contribution in [0.1, 0.15) is 93.2 Å². The van der Waals surface area contributed by atoms with Crippen LogP contribution < -0.4 is 4.74 Å². The van der Waals surface area contributed by atoms with Gasteiger partial charge in [0.1, 0.15) is 5.82 Å². The molecule has 4 heteroatoms. The van der Waals surface area contributed by atoms with Crippen LogP contribution in [0.2, 0.25) is 0 Å². The number of ether oxygens (including phenoxy) is 1. The maximum absolute atomic E-state index is 15.1. The summed E-state index contributed by atoms with van der Waals surface area (Å²) in [7, 11) is 0. The van der Waals surface area contributed by atoms with Crippen LogP contribution in [0.25, 0.3) is 5.57 Å². The molecular weight excluding hydrogens is 409 g/mol. The number of hydrogen-bond acceptors (Lipinski definition) is 1. The van der Waals surface area contributed by atoms with Crippen molar-refractivity contribution in [1.29, 1.82) is 0 Å². The number of rotatable bonds is 7. The maximum atomic E-state index is 15.1. The lowest BCUT2D eigenvalue weighted by atomic mass is 9.75. The maximum Gasteiger partial charge on any atom is 0.228 e. The second kappa shape index (κ2) is 10.6. The molecule has 0 spiro atoms. The third kappa shape index (κ3) is 5.22. The molecule has 2 aliphatic rings. The summed E-state index contributed by atoms with van der Waals surface area (Å²) in [6.07, 6.45) is 11.7. The Morgan fingerprint density at radius 3 is 2.31 bits per heavy atom. The highest BCUT2D eigenvalue weighted by molar-refractivity contribution is 5.66. The predicted octanol–water partition coefficient (Wildman–Crippen LogP) is 8.70. The molecule has 2 aliphatic carbocycles. The first-order valence-corrected chi connectivity index (χ1v) is 12.1. The molecule has 0 amide bonds. The molecular formula is C28H33F3O. The number of alkyl halides is 1. The third-order valence-corrected chi connectivity index (χ3v) is 7.39. The van der Waals surface area contributed by atoms with Crippen LogP contribution in [0, 0.1) is 17.6 Å². The van der Waals surface area contributed by atoms with E-state index in [4.69, 9.17) is 0 Å². The van der Waals surface area contributed by atoms with E-state index in [0.29, 0.717) is 0 Å². The Balaban J connectivity index is 1.38. The van der Waals surface area contributed by atoms with Gasteiger partial charge in [-0.25, -0.2) is 13.2 Å². The minimum Gasteiger partial charge on any atom is -0.460 e. The number of benzene rings is 2. The summed E-state index contributed by atoms with van der Waals surface area (Å²) >= 11 is 0. The van der Waals surface area contributed by atoms with E-state index in [1.54, 1.807) is 6.07 Å². The summed E-state index contributed by atoms with van der Waals surface area (Å²) in [5, 5.41) is 0. The van der Waals surface area contributed by atoms with E-state index in [0.717, 1.165) is 61.1 Å². The van der Waals surface area contributed by atoms with Gasteiger partial charge >= 0.3 is 0 Å². The third-order valence-electron chi connectivity index (χ3n) is 7.39. The highest BCUT2D eigenvalue weighted by atomic mass is 19.1.